The Morgan fingerprint density at radius 1 is 1.26 bits per heavy atom. The molecule has 0 aliphatic carbocycles. The van der Waals surface area contributed by atoms with E-state index in [4.69, 9.17) is 5.73 Å². The average molecular weight is 263 g/mol. The Kier molecular flexibility index (Phi) is 3.03. The van der Waals surface area contributed by atoms with Crippen LogP contribution in [0.3, 0.4) is 0 Å². The van der Waals surface area contributed by atoms with E-state index in [1.807, 2.05) is 0 Å². The maximum atomic E-state index is 13.2. The summed E-state index contributed by atoms with van der Waals surface area (Å²) in [4.78, 5) is 14.3. The van der Waals surface area contributed by atoms with Gasteiger partial charge in [0.05, 0.1) is 5.54 Å². The van der Waals surface area contributed by atoms with Gasteiger partial charge in [0.2, 0.25) is 5.91 Å². The molecule has 1 aromatic carbocycles. The van der Waals surface area contributed by atoms with E-state index in [2.05, 4.69) is 5.32 Å². The third-order valence-corrected chi connectivity index (χ3v) is 4.10. The number of halogens is 1. The number of rotatable bonds is 1. The second-order valence-corrected chi connectivity index (χ2v) is 5.48. The van der Waals surface area contributed by atoms with Crippen LogP contribution in [0.1, 0.15) is 24.0 Å². The summed E-state index contributed by atoms with van der Waals surface area (Å²) in [5, 5.41) is 3.21. The van der Waals surface area contributed by atoms with Crippen molar-refractivity contribution in [2.24, 2.45) is 5.73 Å². The van der Waals surface area contributed by atoms with Crippen LogP contribution in [0, 0.1) is 5.82 Å². The third kappa shape index (κ3) is 2.24. The molecule has 0 spiro atoms. The Morgan fingerprint density at radius 3 is 2.68 bits per heavy atom. The van der Waals surface area contributed by atoms with E-state index < -0.39 is 5.54 Å². The highest BCUT2D eigenvalue weighted by molar-refractivity contribution is 5.86. The van der Waals surface area contributed by atoms with Gasteiger partial charge in [0.25, 0.3) is 0 Å². The van der Waals surface area contributed by atoms with Crippen molar-refractivity contribution < 1.29 is 9.18 Å². The van der Waals surface area contributed by atoms with E-state index >= 15 is 0 Å². The topological polar surface area (TPSA) is 58.4 Å². The van der Waals surface area contributed by atoms with Crippen molar-refractivity contribution in [3.05, 3.63) is 35.1 Å². The molecule has 0 bridgehead atoms. The zero-order chi connectivity index (χ0) is 13.5. The fraction of sp³-hybridized carbons (Fsp3) is 0.500. The number of piperidine rings is 1. The molecule has 19 heavy (non-hydrogen) atoms. The molecule has 0 radical (unpaired) electrons. The van der Waals surface area contributed by atoms with Crippen molar-refractivity contribution in [3.8, 4) is 0 Å². The second-order valence-electron chi connectivity index (χ2n) is 5.48. The highest BCUT2D eigenvalue weighted by atomic mass is 19.1. The van der Waals surface area contributed by atoms with E-state index in [1.54, 1.807) is 11.0 Å². The van der Waals surface area contributed by atoms with Gasteiger partial charge in [0, 0.05) is 13.1 Å². The van der Waals surface area contributed by atoms with Gasteiger partial charge in [-0.15, -0.1) is 0 Å². The Hall–Kier alpha value is -1.46. The standard InChI is InChI=1S/C14H18FN3O/c15-12-2-1-10-8-18(9-11(10)7-12)13(19)14(16)3-5-17-6-4-14/h1-2,7,17H,3-6,8-9,16H2. The number of carbonyl (C=O) groups excluding carboxylic acids is 1. The number of carbonyl (C=O) groups is 1. The maximum Gasteiger partial charge on any atom is 0.243 e. The Bertz CT molecular complexity index is 511. The van der Waals surface area contributed by atoms with Gasteiger partial charge < -0.3 is 16.0 Å². The van der Waals surface area contributed by atoms with Crippen molar-refractivity contribution in [2.75, 3.05) is 13.1 Å². The first-order chi connectivity index (χ1) is 9.08. The highest BCUT2D eigenvalue weighted by Crippen LogP contribution is 2.27. The minimum atomic E-state index is -0.758. The van der Waals surface area contributed by atoms with E-state index in [0.717, 1.165) is 24.2 Å². The quantitative estimate of drug-likeness (QED) is 0.786. The van der Waals surface area contributed by atoms with Gasteiger partial charge in [-0.1, -0.05) is 6.07 Å². The average Bonchev–Trinajstić information content (AvgIpc) is 2.81. The summed E-state index contributed by atoms with van der Waals surface area (Å²) in [5.74, 6) is -0.261. The van der Waals surface area contributed by atoms with Gasteiger partial charge in [0.15, 0.2) is 0 Å². The number of nitrogens with two attached hydrogens (primary N) is 1. The molecule has 5 heteroatoms. The first-order valence-corrected chi connectivity index (χ1v) is 6.65. The van der Waals surface area contributed by atoms with E-state index in [9.17, 15) is 9.18 Å². The summed E-state index contributed by atoms with van der Waals surface area (Å²) in [7, 11) is 0. The number of fused-ring (bicyclic) bond motifs is 1. The third-order valence-electron chi connectivity index (χ3n) is 4.10. The van der Waals surface area contributed by atoms with Crippen LogP contribution < -0.4 is 11.1 Å². The fourth-order valence-electron chi connectivity index (χ4n) is 2.91. The summed E-state index contributed by atoms with van der Waals surface area (Å²) in [6.07, 6.45) is 1.32. The van der Waals surface area contributed by atoms with Crippen LogP contribution in [0.2, 0.25) is 0 Å². The Balaban J connectivity index is 1.77. The number of benzene rings is 1. The molecule has 4 nitrogen and oxygen atoms in total. The molecule has 3 N–H and O–H groups in total. The molecule has 1 saturated heterocycles. The summed E-state index contributed by atoms with van der Waals surface area (Å²) >= 11 is 0. The number of amides is 1. The smallest absolute Gasteiger partial charge is 0.243 e. The van der Waals surface area contributed by atoms with Crippen LogP contribution in [0.15, 0.2) is 18.2 Å². The normalized spacial score (nSPS) is 21.3. The van der Waals surface area contributed by atoms with Crippen LogP contribution in [0.25, 0.3) is 0 Å². The minimum absolute atomic E-state index is 0.00870. The molecule has 0 atom stereocenters. The zero-order valence-corrected chi connectivity index (χ0v) is 10.8. The molecule has 1 aromatic rings. The van der Waals surface area contributed by atoms with Gasteiger partial charge >= 0.3 is 0 Å². The largest absolute Gasteiger partial charge is 0.332 e. The summed E-state index contributed by atoms with van der Waals surface area (Å²) in [6, 6.07) is 4.70. The van der Waals surface area contributed by atoms with Crippen molar-refractivity contribution in [1.29, 1.82) is 0 Å². The fourth-order valence-corrected chi connectivity index (χ4v) is 2.91. The van der Waals surface area contributed by atoms with Crippen LogP contribution in [0.5, 0.6) is 0 Å². The first-order valence-electron chi connectivity index (χ1n) is 6.65. The molecule has 102 valence electrons. The molecule has 0 saturated carbocycles. The predicted octanol–water partition coefficient (Wildman–Crippen LogP) is 0.749. The minimum Gasteiger partial charge on any atom is -0.332 e. The number of nitrogens with zero attached hydrogens (tertiary/aromatic N) is 1. The van der Waals surface area contributed by atoms with Gasteiger partial charge in [-0.3, -0.25) is 4.79 Å². The maximum absolute atomic E-state index is 13.2. The lowest BCUT2D eigenvalue weighted by Crippen LogP contribution is -2.58. The first kappa shape index (κ1) is 12.6. The lowest BCUT2D eigenvalue weighted by molar-refractivity contribution is -0.138. The predicted molar refractivity (Wildman–Crippen MR) is 69.7 cm³/mol. The highest BCUT2D eigenvalue weighted by Gasteiger charge is 2.40. The van der Waals surface area contributed by atoms with E-state index in [1.165, 1.54) is 12.1 Å². The van der Waals surface area contributed by atoms with Crippen molar-refractivity contribution in [2.45, 2.75) is 31.5 Å². The van der Waals surface area contributed by atoms with Crippen LogP contribution in [-0.2, 0) is 17.9 Å². The molecule has 1 fully saturated rings. The number of nitrogens with one attached hydrogen (secondary N) is 1. The van der Waals surface area contributed by atoms with Crippen LogP contribution >= 0.6 is 0 Å². The molecule has 2 aliphatic heterocycles. The van der Waals surface area contributed by atoms with E-state index in [0.29, 0.717) is 25.9 Å². The molecule has 3 rings (SSSR count). The molecule has 0 aromatic heterocycles. The molecule has 0 unspecified atom stereocenters. The lowest BCUT2D eigenvalue weighted by atomic mass is 9.88. The molecule has 2 aliphatic rings. The van der Waals surface area contributed by atoms with Crippen molar-refractivity contribution >= 4 is 5.91 Å². The van der Waals surface area contributed by atoms with Crippen molar-refractivity contribution in [3.63, 3.8) is 0 Å². The number of hydrogen-bond acceptors (Lipinski definition) is 3. The molecular weight excluding hydrogens is 245 g/mol. The Morgan fingerprint density at radius 2 is 1.95 bits per heavy atom. The van der Waals surface area contributed by atoms with Gasteiger partial charge in [-0.05, 0) is 49.2 Å². The number of hydrogen-bond donors (Lipinski definition) is 2. The summed E-state index contributed by atoms with van der Waals surface area (Å²) in [6.45, 7) is 2.56. The van der Waals surface area contributed by atoms with E-state index in [-0.39, 0.29) is 11.7 Å². The monoisotopic (exact) mass is 263 g/mol. The molecule has 2 heterocycles. The van der Waals surface area contributed by atoms with Gasteiger partial charge in [-0.25, -0.2) is 4.39 Å². The van der Waals surface area contributed by atoms with Crippen LogP contribution in [-0.4, -0.2) is 29.4 Å². The van der Waals surface area contributed by atoms with Gasteiger partial charge in [0.1, 0.15) is 5.82 Å². The second kappa shape index (κ2) is 4.58. The van der Waals surface area contributed by atoms with Gasteiger partial charge in [-0.2, -0.15) is 0 Å². The Labute approximate surface area is 111 Å². The summed E-state index contributed by atoms with van der Waals surface area (Å²) in [5.41, 5.74) is 7.40. The molecule has 1 amide bonds. The lowest BCUT2D eigenvalue weighted by Gasteiger charge is -2.35. The van der Waals surface area contributed by atoms with Crippen LogP contribution in [0.4, 0.5) is 4.39 Å². The molecular formula is C14H18FN3O. The SMILES string of the molecule is NC1(C(=O)N2Cc3ccc(F)cc3C2)CCNCC1. The summed E-state index contributed by atoms with van der Waals surface area (Å²) < 4.78 is 13.2. The van der Waals surface area contributed by atoms with Crippen molar-refractivity contribution in [1.82, 2.24) is 10.2 Å². The zero-order valence-electron chi connectivity index (χ0n) is 10.8.